The number of hydrogen-bond acceptors (Lipinski definition) is 9. The molecule has 3 heterocycles. The second-order valence-electron chi connectivity index (χ2n) is 7.38. The quantitative estimate of drug-likeness (QED) is 0.370. The minimum atomic E-state index is -5.08. The number of halogens is 6. The molecule has 0 amide bonds. The summed E-state index contributed by atoms with van der Waals surface area (Å²) in [6, 6.07) is 0.485. The van der Waals surface area contributed by atoms with E-state index in [0.29, 0.717) is 24.5 Å². The third kappa shape index (κ3) is 9.50. The maximum absolute atomic E-state index is 10.6. The van der Waals surface area contributed by atoms with Crippen LogP contribution in [0.25, 0.3) is 0 Å². The van der Waals surface area contributed by atoms with Crippen molar-refractivity contribution in [1.29, 1.82) is 0 Å². The van der Waals surface area contributed by atoms with Crippen molar-refractivity contribution in [3.05, 3.63) is 0 Å². The summed E-state index contributed by atoms with van der Waals surface area (Å²) >= 11 is 0. The van der Waals surface area contributed by atoms with Gasteiger partial charge in [-0.05, 0) is 19.9 Å². The van der Waals surface area contributed by atoms with Gasteiger partial charge in [0.15, 0.2) is 11.6 Å². The number of nitrogen functional groups attached to an aromatic ring is 1. The lowest BCUT2D eigenvalue weighted by molar-refractivity contribution is -0.193. The number of anilines is 3. The summed E-state index contributed by atoms with van der Waals surface area (Å²) in [5.41, 5.74) is 5.88. The molecule has 200 valence electrons. The molecule has 2 aliphatic heterocycles. The second kappa shape index (κ2) is 12.5. The van der Waals surface area contributed by atoms with Gasteiger partial charge in [-0.25, -0.2) is 9.59 Å². The molecule has 0 aliphatic carbocycles. The molecular formula is C18H26F6N6O5. The van der Waals surface area contributed by atoms with Crippen LogP contribution in [0.4, 0.5) is 43.9 Å². The number of hydrogen-bond donors (Lipinski definition) is 5. The molecule has 35 heavy (non-hydrogen) atoms. The zero-order valence-electron chi connectivity index (χ0n) is 18.7. The Labute approximate surface area is 195 Å². The van der Waals surface area contributed by atoms with Crippen molar-refractivity contribution < 1.29 is 50.9 Å². The Kier molecular flexibility index (Phi) is 10.6. The van der Waals surface area contributed by atoms with E-state index in [1.54, 1.807) is 0 Å². The summed E-state index contributed by atoms with van der Waals surface area (Å²) in [6.45, 7) is 5.60. The summed E-state index contributed by atoms with van der Waals surface area (Å²) in [4.78, 5) is 28.8. The topological polar surface area (TPSA) is 163 Å². The molecule has 0 radical (unpaired) electrons. The number of carbonyl (C=O) groups is 2. The summed E-state index contributed by atoms with van der Waals surface area (Å²) in [7, 11) is 1.99. The Morgan fingerprint density at radius 2 is 1.71 bits per heavy atom. The van der Waals surface area contributed by atoms with Crippen LogP contribution in [0.1, 0.15) is 19.8 Å². The van der Waals surface area contributed by atoms with E-state index in [4.69, 9.17) is 30.3 Å². The molecule has 6 N–H and O–H groups in total. The van der Waals surface area contributed by atoms with Crippen LogP contribution in [0, 0.1) is 5.92 Å². The average molecular weight is 520 g/mol. The van der Waals surface area contributed by atoms with Crippen LogP contribution in [0.3, 0.4) is 0 Å². The lowest BCUT2D eigenvalue weighted by Crippen LogP contribution is -2.30. The molecule has 2 atom stereocenters. The number of likely N-dealkylation sites (N-methyl/N-ethyl adjacent to an activating group) is 1. The largest absolute Gasteiger partial charge is 0.490 e. The Morgan fingerprint density at radius 3 is 2.14 bits per heavy atom. The first-order chi connectivity index (χ1) is 16.1. The fourth-order valence-electron chi connectivity index (χ4n) is 2.87. The molecule has 11 nitrogen and oxygen atoms in total. The number of fused-ring (bicyclic) bond motifs is 1. The van der Waals surface area contributed by atoms with Crippen molar-refractivity contribution in [2.24, 2.45) is 5.92 Å². The highest BCUT2D eigenvalue weighted by Crippen LogP contribution is 2.37. The number of ether oxygens (including phenoxy) is 1. The van der Waals surface area contributed by atoms with Crippen molar-refractivity contribution in [1.82, 2.24) is 15.3 Å². The normalized spacial score (nSPS) is 19.5. The second-order valence-corrected chi connectivity index (χ2v) is 7.38. The number of aromatic nitrogens is 2. The van der Waals surface area contributed by atoms with Crippen LogP contribution in [0.2, 0.25) is 0 Å². The van der Waals surface area contributed by atoms with Crippen LogP contribution >= 0.6 is 0 Å². The zero-order chi connectivity index (χ0) is 27.0. The van der Waals surface area contributed by atoms with Gasteiger partial charge in [-0.1, -0.05) is 6.92 Å². The van der Waals surface area contributed by atoms with E-state index in [1.165, 1.54) is 0 Å². The number of nitrogens with one attached hydrogen (secondary N) is 2. The highest BCUT2D eigenvalue weighted by atomic mass is 19.4. The van der Waals surface area contributed by atoms with E-state index >= 15 is 0 Å². The number of carboxylic acids is 2. The summed E-state index contributed by atoms with van der Waals surface area (Å²) in [5, 5.41) is 20.9. The van der Waals surface area contributed by atoms with E-state index in [0.717, 1.165) is 49.9 Å². The van der Waals surface area contributed by atoms with Gasteiger partial charge in [0.1, 0.15) is 0 Å². The van der Waals surface area contributed by atoms with Gasteiger partial charge in [0.05, 0.1) is 6.61 Å². The van der Waals surface area contributed by atoms with Crippen molar-refractivity contribution in [2.45, 2.75) is 38.2 Å². The first kappa shape index (κ1) is 29.8. The fraction of sp³-hybridized carbons (Fsp3) is 0.667. The number of nitrogens with zero attached hydrogens (tertiary/aromatic N) is 3. The molecule has 1 fully saturated rings. The molecule has 17 heteroatoms. The van der Waals surface area contributed by atoms with Gasteiger partial charge in [0.25, 0.3) is 0 Å². The number of aliphatic carboxylic acids is 2. The minimum Gasteiger partial charge on any atom is -0.486 e. The average Bonchev–Trinajstić information content (AvgIpc) is 3.13. The summed E-state index contributed by atoms with van der Waals surface area (Å²) in [6.07, 6.45) is -8.00. The molecule has 1 unspecified atom stereocenters. The minimum absolute atomic E-state index is 0.294. The maximum atomic E-state index is 10.6. The van der Waals surface area contributed by atoms with Gasteiger partial charge in [-0.3, -0.25) is 0 Å². The van der Waals surface area contributed by atoms with E-state index in [2.05, 4.69) is 32.4 Å². The standard InChI is InChI=1S/C14H24N6O.2C2HF3O2/c1-3-9-6-17-12-11(21-8-9)13(19-14(15)18-12)20-5-4-10(7-20)16-2;2*3-2(4,5)1(6)7/h9-10,16H,3-8H2,1-2H3,(H3,15,17,18,19);2*(H,6,7)/t9?,10-;;/m1../s1. The smallest absolute Gasteiger partial charge is 0.486 e. The van der Waals surface area contributed by atoms with Crippen molar-refractivity contribution in [2.75, 3.05) is 49.2 Å². The van der Waals surface area contributed by atoms with Gasteiger partial charge in [-0.2, -0.15) is 36.3 Å². The maximum Gasteiger partial charge on any atom is 0.490 e. The SMILES string of the molecule is CCC1CNc2nc(N)nc(N3CC[C@@H](NC)C3)c2OC1.O=C(O)C(F)(F)F.O=C(O)C(F)(F)F. The van der Waals surface area contributed by atoms with E-state index in [1.807, 2.05) is 7.05 Å². The number of carboxylic acid groups (broad SMARTS) is 2. The predicted molar refractivity (Wildman–Crippen MR) is 111 cm³/mol. The summed E-state index contributed by atoms with van der Waals surface area (Å²) < 4.78 is 69.5. The number of rotatable bonds is 3. The van der Waals surface area contributed by atoms with Crippen LogP contribution in [-0.2, 0) is 9.59 Å². The van der Waals surface area contributed by atoms with Crippen LogP contribution < -0.4 is 26.0 Å². The monoisotopic (exact) mass is 520 g/mol. The Hall–Kier alpha value is -3.24. The Bertz CT molecular complexity index is 846. The number of alkyl halides is 6. The molecule has 1 aromatic heterocycles. The zero-order valence-corrected chi connectivity index (χ0v) is 18.7. The molecule has 0 aromatic carbocycles. The lowest BCUT2D eigenvalue weighted by Gasteiger charge is -2.21. The Balaban J connectivity index is 0.000000362. The lowest BCUT2D eigenvalue weighted by atomic mass is 10.1. The summed E-state index contributed by atoms with van der Waals surface area (Å²) in [5.74, 6) is -2.45. The van der Waals surface area contributed by atoms with Gasteiger partial charge in [0.2, 0.25) is 11.7 Å². The number of nitrogens with two attached hydrogens (primary N) is 1. The predicted octanol–water partition coefficient (Wildman–Crippen LogP) is 1.95. The molecule has 3 rings (SSSR count). The highest BCUT2D eigenvalue weighted by molar-refractivity contribution is 5.73. The van der Waals surface area contributed by atoms with E-state index < -0.39 is 24.3 Å². The fourth-order valence-corrected chi connectivity index (χ4v) is 2.87. The molecular weight excluding hydrogens is 494 g/mol. The molecule has 0 bridgehead atoms. The molecule has 1 aromatic rings. The van der Waals surface area contributed by atoms with Gasteiger partial charge < -0.3 is 36.2 Å². The van der Waals surface area contributed by atoms with Crippen LogP contribution in [0.15, 0.2) is 0 Å². The molecule has 1 saturated heterocycles. The third-order valence-corrected chi connectivity index (χ3v) is 4.84. The van der Waals surface area contributed by atoms with E-state index in [-0.39, 0.29) is 0 Å². The first-order valence-electron chi connectivity index (χ1n) is 10.2. The Morgan fingerprint density at radius 1 is 1.17 bits per heavy atom. The van der Waals surface area contributed by atoms with Crippen molar-refractivity contribution in [3.8, 4) is 5.75 Å². The van der Waals surface area contributed by atoms with Crippen molar-refractivity contribution in [3.63, 3.8) is 0 Å². The molecule has 0 spiro atoms. The third-order valence-electron chi connectivity index (χ3n) is 4.84. The highest BCUT2D eigenvalue weighted by Gasteiger charge is 2.39. The van der Waals surface area contributed by atoms with Crippen LogP contribution in [0.5, 0.6) is 5.75 Å². The van der Waals surface area contributed by atoms with E-state index in [9.17, 15) is 26.3 Å². The first-order valence-corrected chi connectivity index (χ1v) is 10.2. The van der Waals surface area contributed by atoms with Crippen molar-refractivity contribution >= 4 is 29.5 Å². The van der Waals surface area contributed by atoms with Gasteiger partial charge in [0, 0.05) is 31.6 Å². The van der Waals surface area contributed by atoms with Gasteiger partial charge in [-0.15, -0.1) is 0 Å². The van der Waals surface area contributed by atoms with Crippen LogP contribution in [-0.4, -0.2) is 83.8 Å². The molecule has 0 saturated carbocycles. The van der Waals surface area contributed by atoms with Gasteiger partial charge >= 0.3 is 24.3 Å². The molecule has 2 aliphatic rings.